The maximum absolute atomic E-state index is 11.6. The number of hydrogen-bond donors (Lipinski definition) is 4. The monoisotopic (exact) mass is 527 g/mol. The standard InChI is InChI=1S/C22H17N5O7S2/c23-18-10-12-20(36(32,33)34)17-9-11-19(22(28)21(17)18)27-26-14-3-1-13(2-4-14)24-25-15-5-7-16(8-6-15)35(29,30)31/h1-12,28H,23H2,(H,29,30,31)(H,32,33,34). The molecule has 0 aliphatic carbocycles. The van der Waals surface area contributed by atoms with E-state index in [1.165, 1.54) is 42.5 Å². The van der Waals surface area contributed by atoms with Crippen molar-refractivity contribution in [1.29, 1.82) is 0 Å². The highest BCUT2D eigenvalue weighted by Crippen LogP contribution is 2.41. The fourth-order valence-electron chi connectivity index (χ4n) is 3.22. The minimum absolute atomic E-state index is 0.0157. The Balaban J connectivity index is 1.55. The second-order valence-electron chi connectivity index (χ2n) is 7.37. The second-order valence-corrected chi connectivity index (χ2v) is 10.2. The maximum Gasteiger partial charge on any atom is 0.295 e. The number of hydrogen-bond acceptors (Lipinski definition) is 10. The Morgan fingerprint density at radius 3 is 1.61 bits per heavy atom. The molecule has 0 saturated carbocycles. The second kappa shape index (κ2) is 9.43. The molecule has 5 N–H and O–H groups in total. The van der Waals surface area contributed by atoms with Crippen molar-refractivity contribution in [2.45, 2.75) is 9.79 Å². The summed E-state index contributed by atoms with van der Waals surface area (Å²) in [6, 6.07) is 16.6. The molecule has 4 rings (SSSR count). The summed E-state index contributed by atoms with van der Waals surface area (Å²) in [7, 11) is -8.83. The van der Waals surface area contributed by atoms with E-state index in [2.05, 4.69) is 20.5 Å². The molecule has 14 heteroatoms. The van der Waals surface area contributed by atoms with E-state index in [1.807, 2.05) is 0 Å². The van der Waals surface area contributed by atoms with E-state index in [9.17, 15) is 26.5 Å². The predicted molar refractivity (Wildman–Crippen MR) is 131 cm³/mol. The third-order valence-corrected chi connectivity index (χ3v) is 6.72. The van der Waals surface area contributed by atoms with Gasteiger partial charge in [0, 0.05) is 11.1 Å². The average molecular weight is 528 g/mol. The van der Waals surface area contributed by atoms with Gasteiger partial charge in [-0.25, -0.2) is 0 Å². The topological polar surface area (TPSA) is 204 Å². The summed E-state index contributed by atoms with van der Waals surface area (Å²) in [4.78, 5) is -0.653. The Kier molecular flexibility index (Phi) is 6.51. The number of fused-ring (bicyclic) bond motifs is 1. The van der Waals surface area contributed by atoms with Crippen molar-refractivity contribution in [3.8, 4) is 5.75 Å². The van der Waals surface area contributed by atoms with Gasteiger partial charge in [-0.15, -0.1) is 5.11 Å². The zero-order valence-electron chi connectivity index (χ0n) is 18.1. The van der Waals surface area contributed by atoms with Gasteiger partial charge in [0.15, 0.2) is 5.75 Å². The lowest BCUT2D eigenvalue weighted by Gasteiger charge is -2.09. The fourth-order valence-corrected chi connectivity index (χ4v) is 4.39. The van der Waals surface area contributed by atoms with Crippen LogP contribution < -0.4 is 5.73 Å². The smallest absolute Gasteiger partial charge is 0.295 e. The van der Waals surface area contributed by atoms with Crippen molar-refractivity contribution < 1.29 is 31.0 Å². The zero-order chi connectivity index (χ0) is 26.1. The van der Waals surface area contributed by atoms with Crippen LogP contribution in [0.25, 0.3) is 10.8 Å². The largest absolute Gasteiger partial charge is 0.505 e. The first-order valence-corrected chi connectivity index (χ1v) is 12.8. The lowest BCUT2D eigenvalue weighted by atomic mass is 10.1. The molecule has 0 aromatic heterocycles. The van der Waals surface area contributed by atoms with Gasteiger partial charge in [0.2, 0.25) is 0 Å². The number of azo groups is 2. The molecule has 0 spiro atoms. The number of nitrogens with zero attached hydrogens (tertiary/aromatic N) is 4. The zero-order valence-corrected chi connectivity index (χ0v) is 19.7. The Morgan fingerprint density at radius 2 is 1.11 bits per heavy atom. The number of aromatic hydroxyl groups is 1. The van der Waals surface area contributed by atoms with Crippen LogP contribution in [-0.2, 0) is 20.2 Å². The van der Waals surface area contributed by atoms with Gasteiger partial charge in [-0.05, 0) is 66.7 Å². The minimum atomic E-state index is -4.54. The molecule has 4 aromatic carbocycles. The third kappa shape index (κ3) is 5.36. The highest BCUT2D eigenvalue weighted by molar-refractivity contribution is 7.86. The van der Waals surface area contributed by atoms with Crippen LogP contribution in [0.4, 0.5) is 28.4 Å². The summed E-state index contributed by atoms with van der Waals surface area (Å²) in [5, 5.41) is 26.7. The van der Waals surface area contributed by atoms with Crippen LogP contribution in [0.1, 0.15) is 0 Å². The van der Waals surface area contributed by atoms with Crippen LogP contribution in [-0.4, -0.2) is 31.0 Å². The molecule has 36 heavy (non-hydrogen) atoms. The van der Waals surface area contributed by atoms with Gasteiger partial charge in [0.1, 0.15) is 10.6 Å². The van der Waals surface area contributed by atoms with Crippen LogP contribution in [0.3, 0.4) is 0 Å². The van der Waals surface area contributed by atoms with Gasteiger partial charge in [-0.2, -0.15) is 32.2 Å². The first-order valence-electron chi connectivity index (χ1n) is 9.96. The summed E-state index contributed by atoms with van der Waals surface area (Å²) in [5.41, 5.74) is 7.25. The van der Waals surface area contributed by atoms with Crippen LogP contribution in [0, 0.1) is 0 Å². The summed E-state index contributed by atoms with van der Waals surface area (Å²) < 4.78 is 63.8. The van der Waals surface area contributed by atoms with Crippen molar-refractivity contribution in [1.82, 2.24) is 0 Å². The summed E-state index contributed by atoms with van der Waals surface area (Å²) >= 11 is 0. The Morgan fingerprint density at radius 1 is 0.611 bits per heavy atom. The average Bonchev–Trinajstić information content (AvgIpc) is 2.82. The Hall–Kier alpha value is -4.24. The maximum atomic E-state index is 11.6. The lowest BCUT2D eigenvalue weighted by Crippen LogP contribution is -2.00. The van der Waals surface area contributed by atoms with Crippen molar-refractivity contribution in [2.75, 3.05) is 5.73 Å². The van der Waals surface area contributed by atoms with Gasteiger partial charge in [0.05, 0.1) is 27.3 Å². The molecule has 0 bridgehead atoms. The number of nitrogens with two attached hydrogens (primary N) is 1. The number of rotatable bonds is 6. The summed E-state index contributed by atoms with van der Waals surface area (Å²) in [6.45, 7) is 0. The quantitative estimate of drug-likeness (QED) is 0.144. The van der Waals surface area contributed by atoms with Crippen molar-refractivity contribution in [3.05, 3.63) is 72.8 Å². The molecule has 0 radical (unpaired) electrons. The number of nitrogen functional groups attached to an aromatic ring is 1. The molecule has 0 unspecified atom stereocenters. The molecule has 0 amide bonds. The fraction of sp³-hybridized carbons (Fsp3) is 0. The normalized spacial score (nSPS) is 12.6. The molecular weight excluding hydrogens is 510 g/mol. The molecule has 0 aliphatic rings. The summed E-state index contributed by atoms with van der Waals surface area (Å²) in [6.07, 6.45) is 0. The molecule has 0 atom stereocenters. The van der Waals surface area contributed by atoms with Gasteiger partial charge in [-0.1, -0.05) is 6.07 Å². The SMILES string of the molecule is Nc1ccc(S(=O)(=O)O)c2ccc(N=Nc3ccc(N=Nc4ccc(S(=O)(=O)O)cc4)cc3)c(O)c12. The molecule has 0 heterocycles. The highest BCUT2D eigenvalue weighted by Gasteiger charge is 2.19. The highest BCUT2D eigenvalue weighted by atomic mass is 32.2. The molecule has 184 valence electrons. The van der Waals surface area contributed by atoms with Gasteiger partial charge < -0.3 is 10.8 Å². The van der Waals surface area contributed by atoms with E-state index in [0.29, 0.717) is 17.1 Å². The Labute approximate surface area is 205 Å². The molecule has 0 saturated heterocycles. The molecule has 12 nitrogen and oxygen atoms in total. The van der Waals surface area contributed by atoms with Crippen molar-refractivity contribution >= 4 is 59.4 Å². The summed E-state index contributed by atoms with van der Waals surface area (Å²) in [5.74, 6) is -0.398. The first-order chi connectivity index (χ1) is 16.9. The van der Waals surface area contributed by atoms with Gasteiger partial charge in [0.25, 0.3) is 20.2 Å². The minimum Gasteiger partial charge on any atom is -0.505 e. The van der Waals surface area contributed by atoms with Gasteiger partial charge in [-0.3, -0.25) is 9.11 Å². The van der Waals surface area contributed by atoms with Crippen molar-refractivity contribution in [2.24, 2.45) is 20.5 Å². The first kappa shape index (κ1) is 24.9. The predicted octanol–water partition coefficient (Wildman–Crippen LogP) is 5.45. The number of benzene rings is 4. The molecule has 0 fully saturated rings. The van der Waals surface area contributed by atoms with E-state index in [1.54, 1.807) is 24.3 Å². The van der Waals surface area contributed by atoms with E-state index in [-0.39, 0.29) is 27.0 Å². The van der Waals surface area contributed by atoms with E-state index in [0.717, 1.165) is 6.07 Å². The van der Waals surface area contributed by atoms with Crippen LogP contribution in [0.2, 0.25) is 0 Å². The molecule has 4 aromatic rings. The van der Waals surface area contributed by atoms with Crippen molar-refractivity contribution in [3.63, 3.8) is 0 Å². The van der Waals surface area contributed by atoms with E-state index < -0.39 is 30.9 Å². The van der Waals surface area contributed by atoms with Gasteiger partial charge >= 0.3 is 0 Å². The van der Waals surface area contributed by atoms with E-state index >= 15 is 0 Å². The third-order valence-electron chi connectivity index (χ3n) is 4.94. The Bertz CT molecular complexity index is 1730. The molecule has 0 aliphatic heterocycles. The van der Waals surface area contributed by atoms with Crippen LogP contribution >= 0.6 is 0 Å². The lowest BCUT2D eigenvalue weighted by molar-refractivity contribution is 0.480. The molecular formula is C22H17N5O7S2. The number of phenols is 1. The van der Waals surface area contributed by atoms with Crippen LogP contribution in [0.5, 0.6) is 5.75 Å². The van der Waals surface area contributed by atoms with Crippen LogP contribution in [0.15, 0.2) is 103 Å². The number of anilines is 1. The number of phenolic OH excluding ortho intramolecular Hbond substituents is 1. The van der Waals surface area contributed by atoms with E-state index in [4.69, 9.17) is 10.3 Å².